The second-order valence-corrected chi connectivity index (χ2v) is 5.39. The molecule has 1 aromatic carbocycles. The van der Waals surface area contributed by atoms with Crippen LogP contribution < -0.4 is 4.90 Å². The third-order valence-electron chi connectivity index (χ3n) is 3.33. The molecule has 1 fully saturated rings. The number of halogens is 2. The summed E-state index contributed by atoms with van der Waals surface area (Å²) in [4.78, 5) is 25.5. The predicted octanol–water partition coefficient (Wildman–Crippen LogP) is 2.17. The third kappa shape index (κ3) is 3.26. The molecule has 8 heteroatoms. The number of esters is 1. The molecular formula is C13H14BrFN2O4. The van der Waals surface area contributed by atoms with Crippen LogP contribution in [0.3, 0.4) is 0 Å². The van der Waals surface area contributed by atoms with Crippen molar-refractivity contribution >= 4 is 33.7 Å². The lowest BCUT2D eigenvalue weighted by Crippen LogP contribution is -2.48. The lowest BCUT2D eigenvalue weighted by molar-refractivity contribution is 0.0594. The second-order valence-electron chi connectivity index (χ2n) is 4.53. The highest BCUT2D eigenvalue weighted by atomic mass is 79.9. The minimum absolute atomic E-state index is 0.148. The lowest BCUT2D eigenvalue weighted by Gasteiger charge is -2.34. The van der Waals surface area contributed by atoms with Crippen LogP contribution in [0.2, 0.25) is 0 Å². The van der Waals surface area contributed by atoms with Crippen molar-refractivity contribution in [3.05, 3.63) is 28.0 Å². The number of nitrogens with zero attached hydrogens (tertiary/aromatic N) is 2. The SMILES string of the molecule is COC(=O)c1c(F)cc(N2CCN(C(=O)O)CC2)cc1Br. The van der Waals surface area contributed by atoms with Crippen LogP contribution in [0.25, 0.3) is 0 Å². The molecule has 0 aromatic heterocycles. The van der Waals surface area contributed by atoms with E-state index in [0.29, 0.717) is 36.3 Å². The van der Waals surface area contributed by atoms with E-state index >= 15 is 0 Å². The fourth-order valence-corrected chi connectivity index (χ4v) is 2.78. The number of benzene rings is 1. The van der Waals surface area contributed by atoms with Gasteiger partial charge in [-0.15, -0.1) is 0 Å². The summed E-state index contributed by atoms with van der Waals surface area (Å²) in [5.41, 5.74) is 0.447. The molecule has 1 aliphatic rings. The molecule has 21 heavy (non-hydrogen) atoms. The fourth-order valence-electron chi connectivity index (χ4n) is 2.20. The van der Waals surface area contributed by atoms with Gasteiger partial charge in [0.05, 0.1) is 7.11 Å². The smallest absolute Gasteiger partial charge is 0.407 e. The molecule has 0 unspecified atom stereocenters. The van der Waals surface area contributed by atoms with E-state index in [1.807, 2.05) is 4.90 Å². The summed E-state index contributed by atoms with van der Waals surface area (Å²) >= 11 is 3.17. The highest BCUT2D eigenvalue weighted by Crippen LogP contribution is 2.28. The first-order valence-corrected chi connectivity index (χ1v) is 7.03. The normalized spacial score (nSPS) is 15.0. The summed E-state index contributed by atoms with van der Waals surface area (Å²) < 4.78 is 18.9. The Labute approximate surface area is 129 Å². The molecule has 1 aliphatic heterocycles. The van der Waals surface area contributed by atoms with Crippen molar-refractivity contribution in [3.63, 3.8) is 0 Å². The summed E-state index contributed by atoms with van der Waals surface area (Å²) in [5.74, 6) is -1.42. The van der Waals surface area contributed by atoms with Crippen molar-refractivity contribution in [2.75, 3.05) is 38.2 Å². The van der Waals surface area contributed by atoms with Crippen molar-refractivity contribution in [3.8, 4) is 0 Å². The number of ether oxygens (including phenoxy) is 1. The van der Waals surface area contributed by atoms with Gasteiger partial charge in [-0.1, -0.05) is 0 Å². The van der Waals surface area contributed by atoms with Crippen molar-refractivity contribution in [2.45, 2.75) is 0 Å². The van der Waals surface area contributed by atoms with Gasteiger partial charge in [0.1, 0.15) is 11.4 Å². The Kier molecular flexibility index (Phi) is 4.66. The highest BCUT2D eigenvalue weighted by Gasteiger charge is 2.23. The fraction of sp³-hybridized carbons (Fsp3) is 0.385. The van der Waals surface area contributed by atoms with Gasteiger partial charge in [-0.25, -0.2) is 14.0 Å². The third-order valence-corrected chi connectivity index (χ3v) is 3.96. The first-order chi connectivity index (χ1) is 9.93. The summed E-state index contributed by atoms with van der Waals surface area (Å²) in [6, 6.07) is 2.89. The number of hydrogen-bond donors (Lipinski definition) is 1. The molecule has 0 spiro atoms. The number of rotatable bonds is 2. The van der Waals surface area contributed by atoms with Crippen LogP contribution in [0.1, 0.15) is 10.4 Å². The molecule has 1 heterocycles. The van der Waals surface area contributed by atoms with E-state index in [0.717, 1.165) is 0 Å². The summed E-state index contributed by atoms with van der Waals surface area (Å²) in [7, 11) is 1.19. The van der Waals surface area contributed by atoms with Crippen molar-refractivity contribution in [1.29, 1.82) is 0 Å². The van der Waals surface area contributed by atoms with Gasteiger partial charge in [0.15, 0.2) is 0 Å². The number of methoxy groups -OCH3 is 1. The van der Waals surface area contributed by atoms with Gasteiger partial charge >= 0.3 is 12.1 Å². The summed E-state index contributed by atoms with van der Waals surface area (Å²) in [6.45, 7) is 1.64. The first kappa shape index (κ1) is 15.6. The van der Waals surface area contributed by atoms with Crippen molar-refractivity contribution < 1.29 is 23.8 Å². The van der Waals surface area contributed by atoms with E-state index in [-0.39, 0.29) is 5.56 Å². The average molecular weight is 361 g/mol. The van der Waals surface area contributed by atoms with E-state index in [1.165, 1.54) is 18.1 Å². The van der Waals surface area contributed by atoms with Crippen LogP contribution in [0.5, 0.6) is 0 Å². The van der Waals surface area contributed by atoms with E-state index in [4.69, 9.17) is 5.11 Å². The molecule has 114 valence electrons. The van der Waals surface area contributed by atoms with Gasteiger partial charge in [-0.2, -0.15) is 0 Å². The van der Waals surface area contributed by atoms with E-state index in [2.05, 4.69) is 20.7 Å². The predicted molar refractivity (Wildman–Crippen MR) is 77.3 cm³/mol. The largest absolute Gasteiger partial charge is 0.465 e. The van der Waals surface area contributed by atoms with Crippen LogP contribution in [0.15, 0.2) is 16.6 Å². The Morgan fingerprint density at radius 3 is 2.38 bits per heavy atom. The Morgan fingerprint density at radius 1 is 1.29 bits per heavy atom. The maximum absolute atomic E-state index is 14.0. The minimum atomic E-state index is -0.956. The topological polar surface area (TPSA) is 70.1 Å². The zero-order valence-corrected chi connectivity index (χ0v) is 12.9. The molecule has 1 saturated heterocycles. The Balaban J connectivity index is 2.19. The van der Waals surface area contributed by atoms with Crippen molar-refractivity contribution in [1.82, 2.24) is 4.90 Å². The molecule has 0 radical (unpaired) electrons. The number of carbonyl (C=O) groups is 2. The molecule has 0 atom stereocenters. The number of amides is 1. The molecule has 6 nitrogen and oxygen atoms in total. The molecule has 2 rings (SSSR count). The quantitative estimate of drug-likeness (QED) is 0.818. The standard InChI is InChI=1S/C13H14BrFN2O4/c1-21-12(18)11-9(14)6-8(7-10(11)15)16-2-4-17(5-3-16)13(19)20/h6-7H,2-5H2,1H3,(H,19,20). The zero-order chi connectivity index (χ0) is 15.6. The van der Waals surface area contributed by atoms with Gasteiger partial charge in [-0.3, -0.25) is 0 Å². The number of carboxylic acid groups (broad SMARTS) is 1. The second kappa shape index (κ2) is 6.30. The Bertz CT molecular complexity index is 550. The Hall–Kier alpha value is -1.83. The van der Waals surface area contributed by atoms with E-state index in [9.17, 15) is 14.0 Å². The van der Waals surface area contributed by atoms with Crippen LogP contribution in [0.4, 0.5) is 14.9 Å². The van der Waals surface area contributed by atoms with Gasteiger partial charge in [-0.05, 0) is 28.1 Å². The molecule has 1 amide bonds. The zero-order valence-electron chi connectivity index (χ0n) is 11.3. The van der Waals surface area contributed by atoms with Gasteiger partial charge in [0.25, 0.3) is 0 Å². The summed E-state index contributed by atoms with van der Waals surface area (Å²) in [6.07, 6.45) is -0.956. The van der Waals surface area contributed by atoms with Gasteiger partial charge < -0.3 is 19.6 Å². The number of carbonyl (C=O) groups excluding carboxylic acids is 1. The van der Waals surface area contributed by atoms with Gasteiger partial charge in [0.2, 0.25) is 0 Å². The van der Waals surface area contributed by atoms with E-state index in [1.54, 1.807) is 6.07 Å². The molecular weight excluding hydrogens is 347 g/mol. The summed E-state index contributed by atoms with van der Waals surface area (Å²) in [5, 5.41) is 8.90. The Morgan fingerprint density at radius 2 is 1.90 bits per heavy atom. The van der Waals surface area contributed by atoms with Crippen molar-refractivity contribution in [2.24, 2.45) is 0 Å². The van der Waals surface area contributed by atoms with Crippen LogP contribution >= 0.6 is 15.9 Å². The van der Waals surface area contributed by atoms with Crippen LogP contribution in [-0.2, 0) is 4.74 Å². The molecule has 1 aromatic rings. The number of anilines is 1. The molecule has 0 saturated carbocycles. The maximum atomic E-state index is 14.0. The minimum Gasteiger partial charge on any atom is -0.465 e. The monoisotopic (exact) mass is 360 g/mol. The lowest BCUT2D eigenvalue weighted by atomic mass is 10.1. The van der Waals surface area contributed by atoms with Gasteiger partial charge in [0, 0.05) is 36.3 Å². The maximum Gasteiger partial charge on any atom is 0.407 e. The van der Waals surface area contributed by atoms with Crippen LogP contribution in [0, 0.1) is 5.82 Å². The first-order valence-electron chi connectivity index (χ1n) is 6.24. The van der Waals surface area contributed by atoms with Crippen LogP contribution in [-0.4, -0.2) is 55.4 Å². The molecule has 0 bridgehead atoms. The average Bonchev–Trinajstić information content (AvgIpc) is 2.46. The molecule has 1 N–H and O–H groups in total. The number of hydrogen-bond acceptors (Lipinski definition) is 4. The molecule has 0 aliphatic carbocycles. The highest BCUT2D eigenvalue weighted by molar-refractivity contribution is 9.10. The van der Waals surface area contributed by atoms with E-state index < -0.39 is 17.9 Å². The number of piperazine rings is 1.